The van der Waals surface area contributed by atoms with Crippen LogP contribution < -0.4 is 0 Å². The van der Waals surface area contributed by atoms with Crippen LogP contribution in [0.5, 0.6) is 5.75 Å². The molecule has 21 heavy (non-hydrogen) atoms. The number of carbonyl (C=O) groups is 1. The molecular weight excluding hydrogens is 264 g/mol. The van der Waals surface area contributed by atoms with Gasteiger partial charge < -0.3 is 9.84 Å². The van der Waals surface area contributed by atoms with Crippen molar-refractivity contribution in [3.63, 3.8) is 0 Å². The molecule has 0 aromatic heterocycles. The number of methoxy groups -OCH3 is 1. The summed E-state index contributed by atoms with van der Waals surface area (Å²) in [5, 5.41) is 10.6. The van der Waals surface area contributed by atoms with Crippen LogP contribution in [-0.2, 0) is 20.4 Å². The number of hydrogen-bond acceptors (Lipinski definition) is 3. The number of ether oxygens (including phenoxy) is 1. The lowest BCUT2D eigenvalue weighted by Gasteiger charge is -2.27. The second-order valence-corrected chi connectivity index (χ2v) is 7.32. The van der Waals surface area contributed by atoms with Crippen LogP contribution >= 0.6 is 0 Å². The van der Waals surface area contributed by atoms with Gasteiger partial charge in [0.1, 0.15) is 5.75 Å². The Hall–Kier alpha value is -1.77. The molecule has 0 aliphatic heterocycles. The maximum Gasteiger partial charge on any atom is 0.330 e. The molecule has 0 amide bonds. The third kappa shape index (κ3) is 4.35. The van der Waals surface area contributed by atoms with Crippen molar-refractivity contribution in [2.75, 3.05) is 7.11 Å². The highest BCUT2D eigenvalue weighted by molar-refractivity contribution is 5.87. The first-order valence-electron chi connectivity index (χ1n) is 7.11. The minimum atomic E-state index is -0.391. The van der Waals surface area contributed by atoms with Gasteiger partial charge in [-0.3, -0.25) is 0 Å². The van der Waals surface area contributed by atoms with Crippen LogP contribution in [0.2, 0.25) is 0 Å². The summed E-state index contributed by atoms with van der Waals surface area (Å²) in [6.45, 7) is 12.3. The van der Waals surface area contributed by atoms with Gasteiger partial charge in [0.15, 0.2) is 0 Å². The van der Waals surface area contributed by atoms with E-state index in [0.717, 1.165) is 16.7 Å². The number of rotatable bonds is 2. The van der Waals surface area contributed by atoms with E-state index < -0.39 is 5.97 Å². The normalized spacial score (nSPS) is 12.7. The van der Waals surface area contributed by atoms with Gasteiger partial charge in [-0.1, -0.05) is 41.5 Å². The van der Waals surface area contributed by atoms with Crippen LogP contribution in [0.1, 0.15) is 58.2 Å². The number of phenolic OH excluding ortho intramolecular Hbond substituents is 1. The van der Waals surface area contributed by atoms with E-state index in [1.807, 2.05) is 12.1 Å². The summed E-state index contributed by atoms with van der Waals surface area (Å²) in [5.74, 6) is -0.0529. The molecular formula is C18H26O3. The fraction of sp³-hybridized carbons (Fsp3) is 0.500. The first-order valence-corrected chi connectivity index (χ1v) is 7.11. The van der Waals surface area contributed by atoms with E-state index in [9.17, 15) is 9.90 Å². The predicted octanol–water partition coefficient (Wildman–Crippen LogP) is 4.17. The summed E-state index contributed by atoms with van der Waals surface area (Å²) in [6.07, 6.45) is 3.11. The summed E-state index contributed by atoms with van der Waals surface area (Å²) < 4.78 is 4.62. The van der Waals surface area contributed by atoms with Crippen molar-refractivity contribution in [1.29, 1.82) is 0 Å². The van der Waals surface area contributed by atoms with Crippen molar-refractivity contribution in [2.24, 2.45) is 0 Å². The Morgan fingerprint density at radius 3 is 1.81 bits per heavy atom. The molecule has 0 aliphatic rings. The lowest BCUT2D eigenvalue weighted by Crippen LogP contribution is -2.17. The fourth-order valence-electron chi connectivity index (χ4n) is 2.13. The van der Waals surface area contributed by atoms with Gasteiger partial charge >= 0.3 is 5.97 Å². The molecule has 1 aromatic carbocycles. The molecule has 0 saturated carbocycles. The molecule has 0 unspecified atom stereocenters. The van der Waals surface area contributed by atoms with Crippen LogP contribution in [0.4, 0.5) is 0 Å². The summed E-state index contributed by atoms with van der Waals surface area (Å²) in [5.41, 5.74) is 2.27. The van der Waals surface area contributed by atoms with Gasteiger partial charge in [-0.2, -0.15) is 0 Å². The van der Waals surface area contributed by atoms with E-state index in [0.29, 0.717) is 5.75 Å². The number of aromatic hydroxyl groups is 1. The van der Waals surface area contributed by atoms with Crippen molar-refractivity contribution in [3.05, 3.63) is 34.9 Å². The smallest absolute Gasteiger partial charge is 0.330 e. The lowest BCUT2D eigenvalue weighted by molar-refractivity contribution is -0.134. The molecule has 0 radical (unpaired) electrons. The maximum absolute atomic E-state index is 11.3. The molecule has 1 N–H and O–H groups in total. The zero-order valence-corrected chi connectivity index (χ0v) is 14.1. The van der Waals surface area contributed by atoms with Crippen LogP contribution in [0.3, 0.4) is 0 Å². The minimum Gasteiger partial charge on any atom is -0.507 e. The van der Waals surface area contributed by atoms with Gasteiger partial charge in [0.25, 0.3) is 0 Å². The van der Waals surface area contributed by atoms with Crippen molar-refractivity contribution in [3.8, 4) is 5.75 Å². The number of esters is 1. The highest BCUT2D eigenvalue weighted by Gasteiger charge is 2.26. The minimum absolute atomic E-state index is 0.181. The molecule has 0 heterocycles. The topological polar surface area (TPSA) is 46.5 Å². The van der Waals surface area contributed by atoms with Crippen molar-refractivity contribution in [2.45, 2.75) is 52.4 Å². The zero-order valence-electron chi connectivity index (χ0n) is 14.1. The Kier molecular flexibility index (Phi) is 4.87. The van der Waals surface area contributed by atoms with E-state index in [1.165, 1.54) is 13.2 Å². The molecule has 116 valence electrons. The molecule has 0 fully saturated rings. The summed E-state index contributed by atoms with van der Waals surface area (Å²) >= 11 is 0. The van der Waals surface area contributed by atoms with Crippen LogP contribution in [0.15, 0.2) is 18.2 Å². The summed E-state index contributed by atoms with van der Waals surface area (Å²) in [6, 6.07) is 3.84. The van der Waals surface area contributed by atoms with Crippen molar-refractivity contribution in [1.82, 2.24) is 0 Å². The molecule has 0 saturated heterocycles. The second-order valence-electron chi connectivity index (χ2n) is 7.32. The molecule has 0 atom stereocenters. The van der Waals surface area contributed by atoms with Gasteiger partial charge in [0.2, 0.25) is 0 Å². The average Bonchev–Trinajstić information content (AvgIpc) is 2.34. The van der Waals surface area contributed by atoms with Gasteiger partial charge in [-0.25, -0.2) is 4.79 Å². The molecule has 3 nitrogen and oxygen atoms in total. The Labute approximate surface area is 127 Å². The SMILES string of the molecule is COC(=O)C=Cc1cc(C(C)(C)C)c(O)c(C(C)(C)C)c1. The Balaban J connectivity index is 3.48. The van der Waals surface area contributed by atoms with Crippen LogP contribution in [0, 0.1) is 0 Å². The van der Waals surface area contributed by atoms with Gasteiger partial charge in [-0.05, 0) is 34.6 Å². The van der Waals surface area contributed by atoms with Crippen molar-refractivity contribution >= 4 is 12.0 Å². The number of carbonyl (C=O) groups excluding carboxylic acids is 1. The van der Waals surface area contributed by atoms with Crippen LogP contribution in [0.25, 0.3) is 6.08 Å². The molecule has 0 bridgehead atoms. The number of benzene rings is 1. The molecule has 0 aliphatic carbocycles. The summed E-state index contributed by atoms with van der Waals surface area (Å²) in [4.78, 5) is 11.3. The largest absolute Gasteiger partial charge is 0.507 e. The summed E-state index contributed by atoms with van der Waals surface area (Å²) in [7, 11) is 1.35. The third-order valence-electron chi connectivity index (χ3n) is 3.36. The second kappa shape index (κ2) is 5.92. The standard InChI is InChI=1S/C18H26O3/c1-17(2,3)13-10-12(8-9-15(19)21-7)11-14(16(13)20)18(4,5)6/h8-11,20H,1-7H3. The van der Waals surface area contributed by atoms with Gasteiger partial charge in [0.05, 0.1) is 7.11 Å². The Morgan fingerprint density at radius 1 is 1.05 bits per heavy atom. The third-order valence-corrected chi connectivity index (χ3v) is 3.36. The lowest BCUT2D eigenvalue weighted by atomic mass is 9.78. The maximum atomic E-state index is 11.3. The van der Waals surface area contributed by atoms with Gasteiger partial charge in [0, 0.05) is 17.2 Å². The number of phenols is 1. The first-order chi connectivity index (χ1) is 9.46. The molecule has 1 rings (SSSR count). The Bertz CT molecular complexity index is 520. The molecule has 0 spiro atoms. The Morgan fingerprint density at radius 2 is 1.48 bits per heavy atom. The predicted molar refractivity (Wildman–Crippen MR) is 86.6 cm³/mol. The zero-order chi connectivity index (χ0) is 16.4. The van der Waals surface area contributed by atoms with E-state index >= 15 is 0 Å². The van der Waals surface area contributed by atoms with Crippen LogP contribution in [-0.4, -0.2) is 18.2 Å². The highest BCUT2D eigenvalue weighted by Crippen LogP contribution is 2.39. The molecule has 3 heteroatoms. The fourth-order valence-corrected chi connectivity index (χ4v) is 2.13. The molecule has 1 aromatic rings. The van der Waals surface area contributed by atoms with E-state index in [1.54, 1.807) is 6.08 Å². The first kappa shape index (κ1) is 17.3. The van der Waals surface area contributed by atoms with Gasteiger partial charge in [-0.15, -0.1) is 0 Å². The van der Waals surface area contributed by atoms with E-state index in [2.05, 4.69) is 46.3 Å². The monoisotopic (exact) mass is 290 g/mol. The van der Waals surface area contributed by atoms with E-state index in [-0.39, 0.29) is 10.8 Å². The number of hydrogen-bond donors (Lipinski definition) is 1. The van der Waals surface area contributed by atoms with Crippen molar-refractivity contribution < 1.29 is 14.6 Å². The van der Waals surface area contributed by atoms with E-state index in [4.69, 9.17) is 0 Å². The average molecular weight is 290 g/mol. The highest BCUT2D eigenvalue weighted by atomic mass is 16.5. The quantitative estimate of drug-likeness (QED) is 0.656.